The van der Waals surface area contributed by atoms with E-state index >= 15 is 0 Å². The summed E-state index contributed by atoms with van der Waals surface area (Å²) in [5.74, 6) is 1.25. The van der Waals surface area contributed by atoms with Crippen LogP contribution in [0.1, 0.15) is 174 Å². The SMILES string of the molecule is CCCC/C=C/C/C=C\CCCCCCCCC(CCCCCCCC/C=C\C/C=C\CCCCC)SSCCN(C)C. The molecule has 0 aromatic rings. The highest BCUT2D eigenvalue weighted by Crippen LogP contribution is 2.33. The zero-order valence-electron chi connectivity index (χ0n) is 29.6. The van der Waals surface area contributed by atoms with Gasteiger partial charge in [0.2, 0.25) is 0 Å². The molecule has 0 radical (unpaired) electrons. The second kappa shape index (κ2) is 37.8. The first kappa shape index (κ1) is 42.6. The molecule has 0 saturated carbocycles. The predicted molar refractivity (Wildman–Crippen MR) is 206 cm³/mol. The van der Waals surface area contributed by atoms with Crippen LogP contribution in [-0.2, 0) is 0 Å². The van der Waals surface area contributed by atoms with E-state index < -0.39 is 0 Å². The van der Waals surface area contributed by atoms with Crippen molar-refractivity contribution < 1.29 is 0 Å². The van der Waals surface area contributed by atoms with Crippen molar-refractivity contribution in [2.75, 3.05) is 26.4 Å². The lowest BCUT2D eigenvalue weighted by atomic mass is 10.0. The van der Waals surface area contributed by atoms with E-state index in [1.807, 2.05) is 0 Å². The summed E-state index contributed by atoms with van der Waals surface area (Å²) in [5.41, 5.74) is 0. The molecule has 0 fully saturated rings. The maximum Gasteiger partial charge on any atom is 0.0165 e. The van der Waals surface area contributed by atoms with Crippen molar-refractivity contribution in [3.8, 4) is 0 Å². The van der Waals surface area contributed by atoms with Crippen molar-refractivity contribution in [3.05, 3.63) is 48.6 Å². The molecule has 1 unspecified atom stereocenters. The van der Waals surface area contributed by atoms with Crippen LogP contribution in [0, 0.1) is 0 Å². The van der Waals surface area contributed by atoms with Gasteiger partial charge in [0.1, 0.15) is 0 Å². The summed E-state index contributed by atoms with van der Waals surface area (Å²) in [5, 5.41) is 0.860. The first-order chi connectivity index (χ1) is 21.2. The van der Waals surface area contributed by atoms with Crippen molar-refractivity contribution in [1.82, 2.24) is 4.90 Å². The van der Waals surface area contributed by atoms with Gasteiger partial charge in [-0.2, -0.15) is 0 Å². The zero-order chi connectivity index (χ0) is 31.3. The van der Waals surface area contributed by atoms with Crippen LogP contribution in [0.15, 0.2) is 48.6 Å². The van der Waals surface area contributed by atoms with Crippen molar-refractivity contribution in [2.45, 2.75) is 180 Å². The number of unbranched alkanes of at least 4 members (excludes halogenated alkanes) is 17. The third kappa shape index (κ3) is 37.7. The highest BCUT2D eigenvalue weighted by molar-refractivity contribution is 8.76. The van der Waals surface area contributed by atoms with E-state index in [0.717, 1.165) is 18.1 Å². The lowest BCUT2D eigenvalue weighted by molar-refractivity contribution is 0.438. The molecule has 0 heterocycles. The summed E-state index contributed by atoms with van der Waals surface area (Å²) in [6, 6.07) is 0. The molecule has 0 N–H and O–H groups in total. The normalized spacial score (nSPS) is 13.2. The Morgan fingerprint density at radius 3 is 1.30 bits per heavy atom. The molecule has 0 saturated heterocycles. The fourth-order valence-corrected chi connectivity index (χ4v) is 8.06. The molecular weight excluding hydrogens is 559 g/mol. The maximum absolute atomic E-state index is 2.40. The molecular formula is C40H75NS2. The van der Waals surface area contributed by atoms with Crippen molar-refractivity contribution >= 4 is 21.6 Å². The molecule has 0 aromatic heterocycles. The summed E-state index contributed by atoms with van der Waals surface area (Å²) in [7, 11) is 8.70. The third-order valence-corrected chi connectivity index (χ3v) is 11.0. The molecule has 1 atom stereocenters. The van der Waals surface area contributed by atoms with Crippen LogP contribution < -0.4 is 0 Å². The maximum atomic E-state index is 2.40. The average molecular weight is 634 g/mol. The lowest BCUT2D eigenvalue weighted by Crippen LogP contribution is -2.14. The molecule has 0 aliphatic heterocycles. The minimum atomic E-state index is 0.860. The van der Waals surface area contributed by atoms with Gasteiger partial charge in [-0.15, -0.1) is 0 Å². The second-order valence-electron chi connectivity index (χ2n) is 12.7. The van der Waals surface area contributed by atoms with E-state index in [1.165, 1.54) is 160 Å². The van der Waals surface area contributed by atoms with Gasteiger partial charge in [-0.3, -0.25) is 0 Å². The van der Waals surface area contributed by atoms with Crippen LogP contribution >= 0.6 is 21.6 Å². The molecule has 0 amide bonds. The Morgan fingerprint density at radius 2 is 0.860 bits per heavy atom. The predicted octanol–water partition coefficient (Wildman–Crippen LogP) is 14.3. The number of hydrogen-bond donors (Lipinski definition) is 0. The van der Waals surface area contributed by atoms with Gasteiger partial charge < -0.3 is 4.90 Å². The van der Waals surface area contributed by atoms with E-state index in [9.17, 15) is 0 Å². The summed E-state index contributed by atoms with van der Waals surface area (Å²) in [4.78, 5) is 2.31. The summed E-state index contributed by atoms with van der Waals surface area (Å²) < 4.78 is 0. The lowest BCUT2D eigenvalue weighted by Gasteiger charge is -2.17. The fraction of sp³-hybridized carbons (Fsp3) is 0.800. The number of nitrogens with zero attached hydrogens (tertiary/aromatic N) is 1. The largest absolute Gasteiger partial charge is 0.309 e. The molecule has 0 spiro atoms. The van der Waals surface area contributed by atoms with Crippen LogP contribution in [-0.4, -0.2) is 36.5 Å². The van der Waals surface area contributed by atoms with Gasteiger partial charge in [-0.1, -0.05) is 174 Å². The zero-order valence-corrected chi connectivity index (χ0v) is 31.2. The van der Waals surface area contributed by atoms with Gasteiger partial charge in [0.05, 0.1) is 0 Å². The standard InChI is InChI=1S/C40H75NS2/c1-5-7-9-11-13-15-17-19-21-23-25-27-29-31-33-35-37-40(43-42-39-38-41(3)4)36-34-32-30-28-26-24-22-20-18-16-14-12-10-8-6-2/h12-15,18-21,40H,5-11,16-17,22-39H2,1-4H3/b14-12+,15-13-,20-18-,21-19-. The minimum absolute atomic E-state index is 0.860. The summed E-state index contributed by atoms with van der Waals surface area (Å²) in [6.07, 6.45) is 52.6. The Labute approximate surface area is 280 Å². The van der Waals surface area contributed by atoms with Crippen LogP contribution in [0.25, 0.3) is 0 Å². The van der Waals surface area contributed by atoms with Gasteiger partial charge in [-0.05, 0) is 84.7 Å². The quantitative estimate of drug-likeness (QED) is 0.0394. The van der Waals surface area contributed by atoms with Gasteiger partial charge in [0.15, 0.2) is 0 Å². The molecule has 0 bridgehead atoms. The molecule has 1 nitrogen and oxygen atoms in total. The molecule has 0 aliphatic rings. The van der Waals surface area contributed by atoms with Crippen LogP contribution in [0.5, 0.6) is 0 Å². The monoisotopic (exact) mass is 634 g/mol. The Kier molecular flexibility index (Phi) is 37.5. The Balaban J connectivity index is 3.84. The molecule has 0 aliphatic carbocycles. The number of rotatable bonds is 34. The highest BCUT2D eigenvalue weighted by Gasteiger charge is 2.10. The van der Waals surface area contributed by atoms with Crippen molar-refractivity contribution in [2.24, 2.45) is 0 Å². The van der Waals surface area contributed by atoms with Gasteiger partial charge in [0, 0.05) is 17.5 Å². The fourth-order valence-electron chi connectivity index (χ4n) is 5.13. The molecule has 43 heavy (non-hydrogen) atoms. The third-order valence-electron chi connectivity index (χ3n) is 8.03. The molecule has 252 valence electrons. The van der Waals surface area contributed by atoms with E-state index in [0.29, 0.717) is 0 Å². The van der Waals surface area contributed by atoms with Crippen LogP contribution in [0.4, 0.5) is 0 Å². The van der Waals surface area contributed by atoms with Gasteiger partial charge in [-0.25, -0.2) is 0 Å². The van der Waals surface area contributed by atoms with E-state index in [2.05, 4.69) is 103 Å². The summed E-state index contributed by atoms with van der Waals surface area (Å²) >= 11 is 0. The smallest absolute Gasteiger partial charge is 0.0165 e. The van der Waals surface area contributed by atoms with Gasteiger partial charge in [0.25, 0.3) is 0 Å². The van der Waals surface area contributed by atoms with E-state index in [4.69, 9.17) is 0 Å². The van der Waals surface area contributed by atoms with Gasteiger partial charge >= 0.3 is 0 Å². The number of hydrogen-bond acceptors (Lipinski definition) is 3. The highest BCUT2D eigenvalue weighted by atomic mass is 33.1. The molecule has 0 aromatic carbocycles. The molecule has 3 heteroatoms. The Morgan fingerprint density at radius 1 is 0.465 bits per heavy atom. The molecule has 0 rings (SSSR count). The second-order valence-corrected chi connectivity index (χ2v) is 15.5. The van der Waals surface area contributed by atoms with E-state index in [-0.39, 0.29) is 0 Å². The first-order valence-corrected chi connectivity index (χ1v) is 21.1. The number of allylic oxidation sites excluding steroid dienone is 8. The average Bonchev–Trinajstić information content (AvgIpc) is 3.00. The minimum Gasteiger partial charge on any atom is -0.309 e. The van der Waals surface area contributed by atoms with Crippen LogP contribution in [0.2, 0.25) is 0 Å². The first-order valence-electron chi connectivity index (χ1n) is 18.7. The Hall–Kier alpha value is -0.380. The van der Waals surface area contributed by atoms with Crippen molar-refractivity contribution in [3.63, 3.8) is 0 Å². The Bertz CT molecular complexity index is 636. The van der Waals surface area contributed by atoms with E-state index in [1.54, 1.807) is 0 Å². The topological polar surface area (TPSA) is 3.24 Å². The van der Waals surface area contributed by atoms with Crippen molar-refractivity contribution in [1.29, 1.82) is 0 Å². The summed E-state index contributed by atoms with van der Waals surface area (Å²) in [6.45, 7) is 5.73. The van der Waals surface area contributed by atoms with Crippen LogP contribution in [0.3, 0.4) is 0 Å².